The zero-order chi connectivity index (χ0) is 22.0. The third-order valence-electron chi connectivity index (χ3n) is 1.34. The summed E-state index contributed by atoms with van der Waals surface area (Å²) >= 11 is 0. The van der Waals surface area contributed by atoms with Crippen molar-refractivity contribution in [2.75, 3.05) is 0 Å². The number of carboxylic acid groups (broad SMARTS) is 3. The normalized spacial score (nSPS) is 10.4. The van der Waals surface area contributed by atoms with Gasteiger partial charge in [-0.25, -0.2) is 9.59 Å². The highest BCUT2D eigenvalue weighted by Gasteiger charge is 2.12. The minimum absolute atomic E-state index is 0.562. The first-order chi connectivity index (χ1) is 11.5. The van der Waals surface area contributed by atoms with Gasteiger partial charge in [0.25, 0.3) is 5.97 Å². The number of carbonyl (C=O) groups excluding carboxylic acids is 3. The molecule has 0 aromatic carbocycles. The lowest BCUT2D eigenvalue weighted by Crippen LogP contribution is -2.21. The third-order valence-corrected chi connectivity index (χ3v) is 1.34. The van der Waals surface area contributed by atoms with Crippen LogP contribution >= 0.6 is 0 Å². The fourth-order valence-corrected chi connectivity index (χ4v) is 0.502. The highest BCUT2D eigenvalue weighted by Crippen LogP contribution is 1.89. The Morgan fingerprint density at radius 3 is 1.00 bits per heavy atom. The number of aliphatic hydroxyl groups excluding tert-OH is 1. The summed E-state index contributed by atoms with van der Waals surface area (Å²) < 4.78 is 8.25. The zero-order valence-electron chi connectivity index (χ0n) is 15.2. The lowest BCUT2D eigenvalue weighted by atomic mass is 10.4. The van der Waals surface area contributed by atoms with Crippen molar-refractivity contribution in [3.8, 4) is 0 Å². The van der Waals surface area contributed by atoms with Gasteiger partial charge >= 0.3 is 29.8 Å². The highest BCUT2D eigenvalue weighted by atomic mass is 16.6. The Kier molecular flexibility index (Phi) is 21.7. The van der Waals surface area contributed by atoms with E-state index >= 15 is 0 Å². The summed E-state index contributed by atoms with van der Waals surface area (Å²) in [5, 5.41) is 31.3. The minimum atomic E-state index is -1.23. The SMILES string of the molecule is CC(=O)O.CC(=O)OC(C)=O.CC(=O)O[C@@H](C)C(=O)O.C[C@H](O)C(=O)O. The molecule has 12 heteroatoms. The van der Waals surface area contributed by atoms with Crippen LogP contribution in [0.15, 0.2) is 0 Å². The number of rotatable bonds is 3. The Balaban J connectivity index is -0.000000129. The lowest BCUT2D eigenvalue weighted by molar-refractivity contribution is -0.161. The average molecular weight is 384 g/mol. The van der Waals surface area contributed by atoms with E-state index in [0.717, 1.165) is 6.92 Å². The Morgan fingerprint density at radius 1 is 0.692 bits per heavy atom. The van der Waals surface area contributed by atoms with Crippen molar-refractivity contribution in [1.29, 1.82) is 0 Å². The predicted octanol–water partition coefficient (Wildman–Crippen LogP) is -0.339. The molecule has 12 nitrogen and oxygen atoms in total. The van der Waals surface area contributed by atoms with Crippen LogP contribution in [-0.2, 0) is 38.2 Å². The molecule has 0 fully saturated rings. The molecule has 0 aliphatic heterocycles. The first-order valence-electron chi connectivity index (χ1n) is 6.73. The van der Waals surface area contributed by atoms with E-state index in [4.69, 9.17) is 25.2 Å². The molecular weight excluding hydrogens is 360 g/mol. The largest absolute Gasteiger partial charge is 0.481 e. The maximum atomic E-state index is 10.1. The molecule has 0 amide bonds. The molecule has 0 rings (SSSR count). The number of carboxylic acids is 3. The van der Waals surface area contributed by atoms with Crippen LogP contribution in [0.2, 0.25) is 0 Å². The Morgan fingerprint density at radius 2 is 0.962 bits per heavy atom. The van der Waals surface area contributed by atoms with Crippen LogP contribution in [-0.4, -0.2) is 68.4 Å². The van der Waals surface area contributed by atoms with E-state index in [9.17, 15) is 24.0 Å². The molecule has 2 atom stereocenters. The quantitative estimate of drug-likeness (QED) is 0.364. The van der Waals surface area contributed by atoms with Gasteiger partial charge in [0.15, 0.2) is 6.10 Å². The number of carbonyl (C=O) groups is 6. The van der Waals surface area contributed by atoms with Crippen molar-refractivity contribution in [3.05, 3.63) is 0 Å². The molecule has 0 aromatic rings. The molecule has 0 saturated heterocycles. The number of hydrogen-bond acceptors (Lipinski definition) is 9. The van der Waals surface area contributed by atoms with Gasteiger partial charge in [0.05, 0.1) is 0 Å². The first-order valence-corrected chi connectivity index (χ1v) is 6.73. The van der Waals surface area contributed by atoms with E-state index in [1.165, 1.54) is 34.6 Å². The van der Waals surface area contributed by atoms with Gasteiger partial charge in [0.1, 0.15) is 6.10 Å². The van der Waals surface area contributed by atoms with Crippen LogP contribution in [0.4, 0.5) is 0 Å². The molecule has 0 aromatic heterocycles. The van der Waals surface area contributed by atoms with Crippen LogP contribution in [0.25, 0.3) is 0 Å². The Bertz CT molecular complexity index is 464. The monoisotopic (exact) mass is 384 g/mol. The fourth-order valence-electron chi connectivity index (χ4n) is 0.502. The fraction of sp³-hybridized carbons (Fsp3) is 0.571. The topological polar surface area (TPSA) is 202 Å². The molecule has 0 spiro atoms. The number of esters is 3. The molecule has 0 aliphatic rings. The average Bonchev–Trinajstić information content (AvgIpc) is 2.36. The predicted molar refractivity (Wildman–Crippen MR) is 83.9 cm³/mol. The van der Waals surface area contributed by atoms with Crippen molar-refractivity contribution in [2.45, 2.75) is 53.8 Å². The second-order valence-corrected chi connectivity index (χ2v) is 4.21. The molecule has 0 radical (unpaired) electrons. The molecule has 0 heterocycles. The number of hydrogen-bond donors (Lipinski definition) is 4. The van der Waals surface area contributed by atoms with Crippen molar-refractivity contribution in [1.82, 2.24) is 0 Å². The van der Waals surface area contributed by atoms with E-state index in [-0.39, 0.29) is 0 Å². The maximum Gasteiger partial charge on any atom is 0.344 e. The van der Waals surface area contributed by atoms with Gasteiger partial charge in [-0.1, -0.05) is 0 Å². The number of ether oxygens (including phenoxy) is 2. The van der Waals surface area contributed by atoms with E-state index < -0.39 is 48.0 Å². The van der Waals surface area contributed by atoms with Crippen LogP contribution in [0, 0.1) is 0 Å². The van der Waals surface area contributed by atoms with E-state index in [0.29, 0.717) is 0 Å². The smallest absolute Gasteiger partial charge is 0.344 e. The molecule has 0 aliphatic carbocycles. The molecule has 152 valence electrons. The van der Waals surface area contributed by atoms with Crippen molar-refractivity contribution in [3.63, 3.8) is 0 Å². The summed E-state index contributed by atoms with van der Waals surface area (Å²) in [5.41, 5.74) is 0. The highest BCUT2D eigenvalue weighted by molar-refractivity contribution is 5.82. The molecule has 0 bridgehead atoms. The summed E-state index contributed by atoms with van der Waals surface area (Å²) in [6.45, 7) is 7.11. The lowest BCUT2D eigenvalue weighted by Gasteiger charge is -2.04. The Labute approximate surface area is 149 Å². The van der Waals surface area contributed by atoms with Crippen LogP contribution in [0.1, 0.15) is 41.5 Å². The molecule has 26 heavy (non-hydrogen) atoms. The Hall–Kier alpha value is -3.02. The van der Waals surface area contributed by atoms with Gasteiger partial charge in [0.2, 0.25) is 0 Å². The first kappa shape index (κ1) is 30.8. The second kappa shape index (κ2) is 18.3. The van der Waals surface area contributed by atoms with E-state index in [1.807, 2.05) is 0 Å². The zero-order valence-corrected chi connectivity index (χ0v) is 15.2. The van der Waals surface area contributed by atoms with Gasteiger partial charge in [-0.15, -0.1) is 0 Å². The van der Waals surface area contributed by atoms with Crippen molar-refractivity contribution >= 4 is 35.8 Å². The maximum absolute atomic E-state index is 10.1. The standard InChI is InChI=1S/C5H8O4.C4H6O3.C3H6O3.C2H4O2/c1-3(5(7)8)9-4(2)6;1-3(5)7-4(2)6;1-2(4)3(5)6;1-2(3)4/h3H,1-2H3,(H,7,8);1-2H3;2,4H,1H3,(H,5,6);1H3,(H,3,4)/t3-;;2-;/m0.0./s1. The molecule has 4 N–H and O–H groups in total. The number of aliphatic carboxylic acids is 3. The minimum Gasteiger partial charge on any atom is -0.481 e. The van der Waals surface area contributed by atoms with Gasteiger partial charge in [-0.3, -0.25) is 19.2 Å². The summed E-state index contributed by atoms with van der Waals surface area (Å²) in [7, 11) is 0. The van der Waals surface area contributed by atoms with Crippen LogP contribution in [0.5, 0.6) is 0 Å². The van der Waals surface area contributed by atoms with Crippen LogP contribution < -0.4 is 0 Å². The second-order valence-electron chi connectivity index (χ2n) is 4.21. The summed E-state index contributed by atoms with van der Waals surface area (Å²) in [5.74, 6) is -4.86. The summed E-state index contributed by atoms with van der Waals surface area (Å²) in [6.07, 6.45) is -2.27. The van der Waals surface area contributed by atoms with Crippen molar-refractivity contribution < 1.29 is 58.7 Å². The van der Waals surface area contributed by atoms with Gasteiger partial charge in [-0.2, -0.15) is 0 Å². The van der Waals surface area contributed by atoms with Crippen molar-refractivity contribution in [2.24, 2.45) is 0 Å². The third kappa shape index (κ3) is 49.7. The van der Waals surface area contributed by atoms with E-state index in [1.54, 1.807) is 0 Å². The molecular formula is C14H24O12. The van der Waals surface area contributed by atoms with Gasteiger partial charge < -0.3 is 29.9 Å². The van der Waals surface area contributed by atoms with Gasteiger partial charge in [-0.05, 0) is 13.8 Å². The molecule has 0 unspecified atom stereocenters. The van der Waals surface area contributed by atoms with Crippen LogP contribution in [0.3, 0.4) is 0 Å². The van der Waals surface area contributed by atoms with E-state index in [2.05, 4.69) is 9.47 Å². The number of aliphatic hydroxyl groups is 1. The summed E-state index contributed by atoms with van der Waals surface area (Å²) in [4.78, 5) is 58.1. The van der Waals surface area contributed by atoms with Gasteiger partial charge in [0, 0.05) is 27.7 Å². The summed E-state index contributed by atoms with van der Waals surface area (Å²) in [6, 6.07) is 0. The molecule has 0 saturated carbocycles.